The molecule has 0 unspecified atom stereocenters. The fraction of sp³-hybridized carbons (Fsp3) is 0.452. The molecule has 24 heteroatoms. The maximum absolute atomic E-state index is 14.4. The first-order chi connectivity index (χ1) is 31.3. The molecule has 66 heavy (non-hydrogen) atoms. The Kier molecular flexibility index (Phi) is 21.6. The van der Waals surface area contributed by atoms with Gasteiger partial charge in [0, 0.05) is 54.5 Å². The van der Waals surface area contributed by atoms with Crippen molar-refractivity contribution in [1.29, 1.82) is 0 Å². The van der Waals surface area contributed by atoms with Gasteiger partial charge in [0.25, 0.3) is 0 Å². The summed E-state index contributed by atoms with van der Waals surface area (Å²) in [6.07, 6.45) is 1.64. The molecule has 3 rings (SSSR count). The number of amides is 8. The minimum atomic E-state index is -1.58. The van der Waals surface area contributed by atoms with E-state index in [2.05, 4.69) is 72.5 Å². The van der Waals surface area contributed by atoms with Crippen molar-refractivity contribution >= 4 is 89.6 Å². The molecule has 0 saturated carbocycles. The van der Waals surface area contributed by atoms with Gasteiger partial charge in [-0.05, 0) is 56.7 Å². The first-order valence-electron chi connectivity index (χ1n) is 21.0. The van der Waals surface area contributed by atoms with Gasteiger partial charge in [-0.15, -0.1) is 0 Å². The van der Waals surface area contributed by atoms with Crippen LogP contribution in [-0.2, 0) is 46.4 Å². The molecule has 0 aliphatic heterocycles. The number of aromatic amines is 1. The van der Waals surface area contributed by atoms with E-state index in [1.807, 2.05) is 18.2 Å². The molecule has 22 nitrogen and oxygen atoms in total. The number of nitrogens with two attached hydrogens (primary N) is 4. The van der Waals surface area contributed by atoms with E-state index in [-0.39, 0.29) is 69.1 Å². The number of primary amides is 1. The molecule has 0 saturated heterocycles. The molecule has 3 aromatic rings. The van der Waals surface area contributed by atoms with Crippen molar-refractivity contribution in [2.45, 2.75) is 94.2 Å². The van der Waals surface area contributed by atoms with Crippen molar-refractivity contribution in [3.63, 3.8) is 0 Å². The second-order valence-electron chi connectivity index (χ2n) is 15.8. The van der Waals surface area contributed by atoms with Gasteiger partial charge in [-0.25, -0.2) is 9.59 Å². The number of aliphatic imine (C=N–C) groups is 1. The number of aliphatic carboxylic acids is 1. The average Bonchev–Trinajstić information content (AvgIpc) is 3.68. The van der Waals surface area contributed by atoms with Crippen molar-refractivity contribution in [2.24, 2.45) is 27.9 Å². The van der Waals surface area contributed by atoms with Gasteiger partial charge in [0.15, 0.2) is 5.96 Å². The Morgan fingerprint density at radius 2 is 1.24 bits per heavy atom. The maximum Gasteiger partial charge on any atom is 0.327 e. The van der Waals surface area contributed by atoms with Gasteiger partial charge in [-0.2, -0.15) is 25.3 Å². The maximum atomic E-state index is 14.4. The van der Waals surface area contributed by atoms with E-state index in [0.29, 0.717) is 11.1 Å². The number of thiol groups is 2. The summed E-state index contributed by atoms with van der Waals surface area (Å²) in [5.74, 6) is -6.57. The lowest BCUT2D eigenvalue weighted by Gasteiger charge is -2.30. The Labute approximate surface area is 392 Å². The predicted molar refractivity (Wildman–Crippen MR) is 254 cm³/mol. The van der Waals surface area contributed by atoms with Gasteiger partial charge < -0.3 is 70.2 Å². The van der Waals surface area contributed by atoms with Crippen LogP contribution in [0, 0.1) is 0 Å². The Bertz CT molecular complexity index is 2190. The summed E-state index contributed by atoms with van der Waals surface area (Å²) in [7, 11) is 0. The monoisotopic (exact) mass is 955 g/mol. The topological polar surface area (TPSA) is 373 Å². The number of guanidine groups is 1. The second-order valence-corrected chi connectivity index (χ2v) is 16.6. The highest BCUT2D eigenvalue weighted by Crippen LogP contribution is 2.20. The number of carboxylic acids is 1. The second kappa shape index (κ2) is 26.4. The number of hydrogen-bond donors (Lipinski definition) is 15. The van der Waals surface area contributed by atoms with E-state index < -0.39 is 89.2 Å². The highest BCUT2D eigenvalue weighted by molar-refractivity contribution is 7.80. The SMILES string of the molecule is CC(C)(NC(=O)[C@@H](N)CS)C(=O)N[C@@H](CCCNC(N)=O)C(=O)N[C@H](Cc1ccccc1)C(=O)N[C@@H](CCCN=C(N)N)C(=O)N[C@@H](Cc1c[nH]c2ccccc12)C(=O)N[C@@H](CS)C(=O)O. The summed E-state index contributed by atoms with van der Waals surface area (Å²) in [5.41, 5.74) is 22.4. The van der Waals surface area contributed by atoms with Crippen LogP contribution < -0.4 is 60.2 Å². The first-order valence-corrected chi connectivity index (χ1v) is 22.2. The van der Waals surface area contributed by atoms with Gasteiger partial charge in [0.05, 0.1) is 6.04 Å². The van der Waals surface area contributed by atoms with Crippen LogP contribution in [-0.4, -0.2) is 130 Å². The molecule has 0 aliphatic carbocycles. The number of nitrogens with one attached hydrogen (secondary N) is 8. The van der Waals surface area contributed by atoms with Crippen LogP contribution in [0.25, 0.3) is 10.9 Å². The number of benzene rings is 2. The lowest BCUT2D eigenvalue weighted by atomic mass is 10.0. The number of carbonyl (C=O) groups is 8. The Hall–Kier alpha value is -6.53. The molecular weight excluding hydrogens is 895 g/mol. The summed E-state index contributed by atoms with van der Waals surface area (Å²) in [6, 6.07) is 7.18. The molecule has 1 aromatic heterocycles. The molecule has 360 valence electrons. The van der Waals surface area contributed by atoms with E-state index in [1.54, 1.807) is 42.6 Å². The number of carbonyl (C=O) groups excluding carboxylic acids is 7. The van der Waals surface area contributed by atoms with E-state index in [9.17, 15) is 43.5 Å². The van der Waals surface area contributed by atoms with Crippen LogP contribution in [0.2, 0.25) is 0 Å². The van der Waals surface area contributed by atoms with Crippen LogP contribution in [0.4, 0.5) is 4.79 Å². The third-order valence-electron chi connectivity index (χ3n) is 10.2. The number of nitrogens with zero attached hydrogens (tertiary/aromatic N) is 1. The number of rotatable bonds is 27. The molecule has 8 amide bonds. The van der Waals surface area contributed by atoms with Crippen molar-refractivity contribution in [2.75, 3.05) is 24.6 Å². The summed E-state index contributed by atoms with van der Waals surface area (Å²) >= 11 is 8.08. The Morgan fingerprint density at radius 3 is 1.83 bits per heavy atom. The molecule has 0 fully saturated rings. The highest BCUT2D eigenvalue weighted by atomic mass is 32.1. The standard InChI is InChI=1S/C42H61N13O9S2/c1-42(2,55-33(56)26(43)21-65)39(63)54-29(15-9-17-48-41(46)64)35(58)51-30(18-23-10-4-3-5-11-23)36(59)50-28(14-8-16-47-40(44)45)34(57)52-31(37(60)53-32(22-66)38(61)62)19-24-20-49-27-13-7-6-12-25(24)27/h3-7,10-13,20,26,28-32,49,65-66H,8-9,14-19,21-22,43H2,1-2H3,(H,50,59)(H,51,58)(H,52,57)(H,53,60)(H,54,63)(H,55,56)(H,61,62)(H4,44,45,47)(H3,46,48,64)/t26-,28-,29-,30+,31-,32-/m0/s1. The molecule has 17 N–H and O–H groups in total. The lowest BCUT2D eigenvalue weighted by molar-refractivity contribution is -0.141. The quantitative estimate of drug-likeness (QED) is 0.0172. The van der Waals surface area contributed by atoms with E-state index in [4.69, 9.17) is 22.9 Å². The average molecular weight is 956 g/mol. The van der Waals surface area contributed by atoms with Crippen LogP contribution in [0.3, 0.4) is 0 Å². The number of hydrogen-bond acceptors (Lipinski definition) is 12. The lowest BCUT2D eigenvalue weighted by Crippen LogP contribution is -2.62. The summed E-state index contributed by atoms with van der Waals surface area (Å²) in [6.45, 7) is 2.88. The van der Waals surface area contributed by atoms with Gasteiger partial charge >= 0.3 is 12.0 Å². The predicted octanol–water partition coefficient (Wildman–Crippen LogP) is -1.95. The summed E-state index contributed by atoms with van der Waals surface area (Å²) < 4.78 is 0. The van der Waals surface area contributed by atoms with Crippen LogP contribution >= 0.6 is 25.3 Å². The summed E-state index contributed by atoms with van der Waals surface area (Å²) in [5, 5.41) is 28.5. The molecule has 0 bridgehead atoms. The van der Waals surface area contributed by atoms with E-state index in [1.165, 1.54) is 13.8 Å². The zero-order valence-electron chi connectivity index (χ0n) is 36.7. The highest BCUT2D eigenvalue weighted by Gasteiger charge is 2.36. The number of fused-ring (bicyclic) bond motifs is 1. The molecular formula is C42H61N13O9S2. The minimum absolute atomic E-state index is 0.00434. The largest absolute Gasteiger partial charge is 0.480 e. The van der Waals surface area contributed by atoms with Crippen LogP contribution in [0.15, 0.2) is 65.8 Å². The van der Waals surface area contributed by atoms with Crippen LogP contribution in [0.5, 0.6) is 0 Å². The van der Waals surface area contributed by atoms with Gasteiger partial charge in [0.2, 0.25) is 35.4 Å². The van der Waals surface area contributed by atoms with Gasteiger partial charge in [0.1, 0.15) is 35.7 Å². The molecule has 6 atom stereocenters. The van der Waals surface area contributed by atoms with Gasteiger partial charge in [-0.3, -0.25) is 33.8 Å². The molecule has 0 radical (unpaired) electrons. The molecule has 2 aromatic carbocycles. The van der Waals surface area contributed by atoms with Crippen molar-refractivity contribution in [1.82, 2.24) is 42.2 Å². The molecule has 0 spiro atoms. The minimum Gasteiger partial charge on any atom is -0.480 e. The number of urea groups is 1. The number of H-pyrrole nitrogens is 1. The zero-order valence-corrected chi connectivity index (χ0v) is 38.5. The zero-order chi connectivity index (χ0) is 49.0. The Balaban J connectivity index is 1.99. The number of para-hydroxylation sites is 1. The smallest absolute Gasteiger partial charge is 0.327 e. The third kappa shape index (κ3) is 17.5. The first kappa shape index (κ1) is 53.8. The number of carboxylic acid groups (broad SMARTS) is 1. The van der Waals surface area contributed by atoms with E-state index >= 15 is 0 Å². The van der Waals surface area contributed by atoms with Gasteiger partial charge in [-0.1, -0.05) is 48.5 Å². The van der Waals surface area contributed by atoms with Crippen molar-refractivity contribution in [3.8, 4) is 0 Å². The normalized spacial score (nSPS) is 13.9. The van der Waals surface area contributed by atoms with E-state index in [0.717, 1.165) is 10.9 Å². The summed E-state index contributed by atoms with van der Waals surface area (Å²) in [4.78, 5) is 113. The fourth-order valence-corrected chi connectivity index (χ4v) is 6.91. The molecule has 0 aliphatic rings. The van der Waals surface area contributed by atoms with Crippen molar-refractivity contribution < 1.29 is 43.5 Å². The third-order valence-corrected chi connectivity index (χ3v) is 10.9. The Morgan fingerprint density at radius 1 is 0.697 bits per heavy atom. The number of aromatic nitrogens is 1. The van der Waals surface area contributed by atoms with Crippen LogP contribution in [0.1, 0.15) is 50.7 Å². The molecule has 1 heterocycles. The fourth-order valence-electron chi connectivity index (χ4n) is 6.50. The van der Waals surface area contributed by atoms with Crippen molar-refractivity contribution in [3.05, 3.63) is 71.9 Å².